The van der Waals surface area contributed by atoms with Gasteiger partial charge in [-0.25, -0.2) is 8.78 Å². The van der Waals surface area contributed by atoms with Crippen LogP contribution in [0.1, 0.15) is 47.4 Å². The Morgan fingerprint density at radius 2 is 1.62 bits per heavy atom. The normalized spacial score (nSPS) is 20.2. The van der Waals surface area contributed by atoms with Crippen molar-refractivity contribution in [2.45, 2.75) is 36.7 Å². The summed E-state index contributed by atoms with van der Waals surface area (Å²) in [5, 5.41) is 6.62. The van der Waals surface area contributed by atoms with Gasteiger partial charge in [0.05, 0.1) is 17.5 Å². The van der Waals surface area contributed by atoms with Crippen LogP contribution in [0.3, 0.4) is 0 Å². The third kappa shape index (κ3) is 7.66. The van der Waals surface area contributed by atoms with Gasteiger partial charge < -0.3 is 10.2 Å². The van der Waals surface area contributed by atoms with Gasteiger partial charge >= 0.3 is 0 Å². The molecule has 40 heavy (non-hydrogen) atoms. The van der Waals surface area contributed by atoms with Crippen LogP contribution in [0.25, 0.3) is 0 Å². The minimum absolute atomic E-state index is 0.0284. The Morgan fingerprint density at radius 1 is 0.950 bits per heavy atom. The highest BCUT2D eigenvalue weighted by Gasteiger charge is 2.30. The van der Waals surface area contributed by atoms with Crippen LogP contribution >= 0.6 is 11.8 Å². The number of thioether (sulfide) groups is 1. The Balaban J connectivity index is 1.00. The molecule has 2 atom stereocenters. The number of carbonyl (C=O) groups is 1. The number of hydrogen-bond donors (Lipinski definition) is 2. The van der Waals surface area contributed by atoms with E-state index in [4.69, 9.17) is 0 Å². The van der Waals surface area contributed by atoms with E-state index < -0.39 is 0 Å². The molecule has 2 N–H and O–H groups in total. The molecule has 0 bridgehead atoms. The molecule has 0 radical (unpaired) electrons. The number of rotatable bonds is 11. The van der Waals surface area contributed by atoms with Crippen LogP contribution in [-0.2, 0) is 4.79 Å². The number of hydrogen-bond acceptors (Lipinski definition) is 6. The van der Waals surface area contributed by atoms with E-state index in [1.54, 1.807) is 18.0 Å². The summed E-state index contributed by atoms with van der Waals surface area (Å²) in [6.07, 6.45) is 6.74. The second-order valence-corrected chi connectivity index (χ2v) is 11.6. The molecule has 2 aliphatic heterocycles. The second-order valence-electron chi connectivity index (χ2n) is 10.5. The summed E-state index contributed by atoms with van der Waals surface area (Å²) >= 11 is 1.74. The molecule has 0 aliphatic carbocycles. The van der Waals surface area contributed by atoms with Gasteiger partial charge in [0.15, 0.2) is 0 Å². The maximum Gasteiger partial charge on any atom is 0.238 e. The molecule has 3 aromatic rings. The van der Waals surface area contributed by atoms with Gasteiger partial charge in [-0.05, 0) is 66.4 Å². The number of nitrogens with one attached hydrogen (secondary N) is 2. The molecule has 2 aliphatic rings. The van der Waals surface area contributed by atoms with E-state index in [1.807, 2.05) is 42.6 Å². The summed E-state index contributed by atoms with van der Waals surface area (Å²) in [6.45, 7) is 5.43. The van der Waals surface area contributed by atoms with Crippen molar-refractivity contribution in [3.8, 4) is 0 Å². The largest absolute Gasteiger partial charge is 0.355 e. The van der Waals surface area contributed by atoms with Crippen LogP contribution in [0.15, 0.2) is 73.1 Å². The van der Waals surface area contributed by atoms with Gasteiger partial charge in [-0.15, -0.1) is 11.8 Å². The molecule has 212 valence electrons. The number of benzene rings is 2. The summed E-state index contributed by atoms with van der Waals surface area (Å²) in [4.78, 5) is 21.6. The van der Waals surface area contributed by atoms with Crippen molar-refractivity contribution in [1.82, 2.24) is 25.4 Å². The van der Waals surface area contributed by atoms with Gasteiger partial charge in [0.1, 0.15) is 11.6 Å². The van der Waals surface area contributed by atoms with Crippen LogP contribution in [0.4, 0.5) is 8.78 Å². The molecule has 0 spiro atoms. The average Bonchev–Trinajstić information content (AvgIpc) is 3.49. The number of unbranched alkanes of at least 4 members (excludes halogenated alkanes) is 2. The highest BCUT2D eigenvalue weighted by Crippen LogP contribution is 2.32. The van der Waals surface area contributed by atoms with Crippen molar-refractivity contribution in [3.63, 3.8) is 0 Å². The van der Waals surface area contributed by atoms with Crippen molar-refractivity contribution in [3.05, 3.63) is 101 Å². The van der Waals surface area contributed by atoms with Crippen LogP contribution in [0, 0.1) is 11.6 Å². The molecule has 0 saturated carbocycles. The maximum absolute atomic E-state index is 13.6. The number of pyridine rings is 1. The first-order valence-electron chi connectivity index (χ1n) is 14.1. The lowest BCUT2D eigenvalue weighted by atomic mass is 9.96. The molecule has 2 aromatic carbocycles. The Labute approximate surface area is 239 Å². The van der Waals surface area contributed by atoms with Gasteiger partial charge in [-0.3, -0.25) is 20.0 Å². The van der Waals surface area contributed by atoms with Crippen LogP contribution in [-0.4, -0.2) is 71.8 Å². The van der Waals surface area contributed by atoms with E-state index in [0.717, 1.165) is 74.4 Å². The fourth-order valence-electron chi connectivity index (χ4n) is 5.47. The number of nitrogens with zero attached hydrogens (tertiary/aromatic N) is 3. The Hall–Kier alpha value is -2.85. The van der Waals surface area contributed by atoms with Crippen LogP contribution in [0.2, 0.25) is 0 Å². The first kappa shape index (κ1) is 28.7. The minimum atomic E-state index is -0.255. The van der Waals surface area contributed by atoms with Gasteiger partial charge in [0.25, 0.3) is 0 Å². The smallest absolute Gasteiger partial charge is 0.238 e. The third-order valence-electron chi connectivity index (χ3n) is 7.68. The second kappa shape index (κ2) is 14.2. The molecule has 9 heteroatoms. The first-order chi connectivity index (χ1) is 19.6. The predicted molar refractivity (Wildman–Crippen MR) is 156 cm³/mol. The lowest BCUT2D eigenvalue weighted by molar-refractivity contribution is -0.122. The van der Waals surface area contributed by atoms with E-state index >= 15 is 0 Å². The molecule has 1 aromatic heterocycles. The van der Waals surface area contributed by atoms with Crippen LogP contribution < -0.4 is 10.6 Å². The van der Waals surface area contributed by atoms with Gasteiger partial charge in [0.2, 0.25) is 5.91 Å². The van der Waals surface area contributed by atoms with Crippen molar-refractivity contribution in [2.24, 2.45) is 0 Å². The van der Waals surface area contributed by atoms with E-state index in [0.29, 0.717) is 6.54 Å². The fourth-order valence-corrected chi connectivity index (χ4v) is 6.69. The third-order valence-corrected chi connectivity index (χ3v) is 8.95. The Morgan fingerprint density at radius 3 is 2.25 bits per heavy atom. The van der Waals surface area contributed by atoms with Crippen molar-refractivity contribution in [2.75, 3.05) is 45.0 Å². The molecule has 6 nitrogen and oxygen atoms in total. The summed E-state index contributed by atoms with van der Waals surface area (Å²) in [6, 6.07) is 17.0. The summed E-state index contributed by atoms with van der Waals surface area (Å²) in [5.41, 5.74) is 3.13. The van der Waals surface area contributed by atoms with E-state index in [2.05, 4.69) is 25.4 Å². The Bertz CT molecular complexity index is 1160. The molecule has 2 unspecified atom stereocenters. The average molecular weight is 566 g/mol. The molecule has 3 heterocycles. The van der Waals surface area contributed by atoms with Crippen LogP contribution in [0.5, 0.6) is 0 Å². The quantitative estimate of drug-likeness (QED) is 0.327. The number of aromatic nitrogens is 1. The van der Waals surface area contributed by atoms with Gasteiger partial charge in [-0.2, -0.15) is 0 Å². The van der Waals surface area contributed by atoms with Crippen molar-refractivity contribution in [1.29, 1.82) is 0 Å². The zero-order valence-electron chi connectivity index (χ0n) is 22.6. The van der Waals surface area contributed by atoms with Gasteiger partial charge in [-0.1, -0.05) is 36.8 Å². The van der Waals surface area contributed by atoms with E-state index in [9.17, 15) is 13.6 Å². The number of piperazine rings is 1. The summed E-state index contributed by atoms with van der Waals surface area (Å²) < 4.78 is 27.2. The highest BCUT2D eigenvalue weighted by molar-refractivity contribution is 7.99. The molecule has 5 rings (SSSR count). The predicted octanol–water partition coefficient (Wildman–Crippen LogP) is 4.76. The number of carbonyl (C=O) groups excluding carboxylic acids is 1. The molecular formula is C31H37F2N5OS. The number of amides is 1. The lowest BCUT2D eigenvalue weighted by Crippen LogP contribution is -2.48. The monoisotopic (exact) mass is 565 g/mol. The molecular weight excluding hydrogens is 528 g/mol. The highest BCUT2D eigenvalue weighted by atomic mass is 32.2. The summed E-state index contributed by atoms with van der Waals surface area (Å²) in [7, 11) is 0. The Kier molecular flexibility index (Phi) is 10.2. The minimum Gasteiger partial charge on any atom is -0.355 e. The molecule has 2 saturated heterocycles. The first-order valence-corrected chi connectivity index (χ1v) is 15.1. The molecule has 2 fully saturated rings. The maximum atomic E-state index is 13.6. The zero-order valence-corrected chi connectivity index (χ0v) is 23.5. The van der Waals surface area contributed by atoms with E-state index in [1.165, 1.54) is 24.3 Å². The SMILES string of the molecule is O=C(NCCCCCN1CCN(C(c2ccc(F)cc2)c2ccc(F)cc2)CC1)C1CSC(c2cccnc2)N1. The zero-order chi connectivity index (χ0) is 27.7. The lowest BCUT2D eigenvalue weighted by Gasteiger charge is -2.40. The fraction of sp³-hybridized carbons (Fsp3) is 0.419. The van der Waals surface area contributed by atoms with Crippen molar-refractivity contribution >= 4 is 17.7 Å². The summed E-state index contributed by atoms with van der Waals surface area (Å²) in [5.74, 6) is 0.330. The standard InChI is InChI=1S/C31H37F2N5OS/c32-26-10-6-23(7-11-26)29(24-8-12-27(33)13-9-24)38-19-17-37(18-20-38)16-3-1-2-15-35-30(39)28-22-40-31(36-28)25-5-4-14-34-21-25/h4-14,21,28-29,31,36H,1-3,15-20,22H2,(H,35,39). The van der Waals surface area contributed by atoms with E-state index in [-0.39, 0.29) is 35.0 Å². The van der Waals surface area contributed by atoms with Gasteiger partial charge in [0, 0.05) is 50.9 Å². The topological polar surface area (TPSA) is 60.5 Å². The van der Waals surface area contributed by atoms with Crippen molar-refractivity contribution < 1.29 is 13.6 Å². The number of halogens is 2. The molecule has 1 amide bonds.